The summed E-state index contributed by atoms with van der Waals surface area (Å²) in [5, 5.41) is 10.0. The Morgan fingerprint density at radius 3 is 2.00 bits per heavy atom. The fourth-order valence-electron chi connectivity index (χ4n) is 3.02. The Labute approximate surface area is 159 Å². The second kappa shape index (κ2) is 7.95. The molecule has 1 aromatic rings. The van der Waals surface area contributed by atoms with Crippen LogP contribution in [0.15, 0.2) is 30.3 Å². The van der Waals surface area contributed by atoms with Crippen LogP contribution in [0.5, 0.6) is 0 Å². The number of halogens is 9. The fourth-order valence-corrected chi connectivity index (χ4v) is 3.02. The smallest absolute Gasteiger partial charge is 0.387 e. The average Bonchev–Trinajstić information content (AvgIpc) is 2.62. The molecule has 12 heteroatoms. The van der Waals surface area contributed by atoms with Crippen LogP contribution in [0.4, 0.5) is 39.5 Å². The third-order valence-electron chi connectivity index (χ3n) is 4.59. The molecule has 0 aromatic heterocycles. The Hall–Kier alpha value is -1.53. The lowest BCUT2D eigenvalue weighted by atomic mass is 9.80. The second-order valence-corrected chi connectivity index (χ2v) is 6.46. The molecule has 3 nitrogen and oxygen atoms in total. The molecule has 2 rings (SSSR count). The van der Waals surface area contributed by atoms with E-state index >= 15 is 0 Å². The van der Waals surface area contributed by atoms with Crippen molar-refractivity contribution in [2.24, 2.45) is 5.92 Å². The third-order valence-corrected chi connectivity index (χ3v) is 4.59. The molecule has 1 heterocycles. The lowest BCUT2D eigenvalue weighted by Gasteiger charge is -2.45. The van der Waals surface area contributed by atoms with E-state index in [0.29, 0.717) is 0 Å². The maximum Gasteiger partial charge on any atom is 0.460 e. The first kappa shape index (κ1) is 23.7. The predicted octanol–water partition coefficient (Wildman–Crippen LogP) is 4.96. The molecule has 29 heavy (non-hydrogen) atoms. The lowest BCUT2D eigenvalue weighted by molar-refractivity contribution is -0.413. The van der Waals surface area contributed by atoms with Gasteiger partial charge in [0, 0.05) is 6.61 Å². The fraction of sp³-hybridized carbons (Fsp3) is 0.647. The van der Waals surface area contributed by atoms with E-state index in [9.17, 15) is 44.6 Å². The van der Waals surface area contributed by atoms with E-state index in [-0.39, 0.29) is 12.2 Å². The molecule has 0 bridgehead atoms. The largest absolute Gasteiger partial charge is 0.460 e. The minimum atomic E-state index is -7.04. The highest BCUT2D eigenvalue weighted by molar-refractivity contribution is 5.19. The summed E-state index contributed by atoms with van der Waals surface area (Å²) in [5.74, 6) is -22.8. The van der Waals surface area contributed by atoms with Crippen LogP contribution in [0.1, 0.15) is 25.0 Å². The maximum absolute atomic E-state index is 14.5. The topological polar surface area (TPSA) is 38.7 Å². The maximum atomic E-state index is 14.5. The molecule has 1 fully saturated rings. The van der Waals surface area contributed by atoms with Crippen molar-refractivity contribution in [3.8, 4) is 0 Å². The van der Waals surface area contributed by atoms with Crippen LogP contribution in [0.25, 0.3) is 0 Å². The first-order valence-corrected chi connectivity index (χ1v) is 8.38. The Balaban J connectivity index is 2.47. The lowest BCUT2D eigenvalue weighted by Crippen LogP contribution is -2.66. The van der Waals surface area contributed by atoms with E-state index in [2.05, 4.69) is 0 Å². The van der Waals surface area contributed by atoms with Gasteiger partial charge in [-0.25, -0.2) is 0 Å². The van der Waals surface area contributed by atoms with E-state index in [0.717, 1.165) is 0 Å². The van der Waals surface area contributed by atoms with Crippen LogP contribution in [0.3, 0.4) is 0 Å². The molecule has 0 saturated carbocycles. The molecule has 0 radical (unpaired) electrons. The van der Waals surface area contributed by atoms with Gasteiger partial charge in [-0.2, -0.15) is 39.5 Å². The first-order chi connectivity index (χ1) is 13.2. The molecule has 0 unspecified atom stereocenters. The number of alkyl halides is 9. The molecule has 0 amide bonds. The van der Waals surface area contributed by atoms with Crippen LogP contribution in [0, 0.1) is 5.92 Å². The van der Waals surface area contributed by atoms with Gasteiger partial charge >= 0.3 is 23.9 Å². The van der Waals surface area contributed by atoms with Crippen LogP contribution in [-0.2, 0) is 9.47 Å². The van der Waals surface area contributed by atoms with E-state index in [1.807, 2.05) is 0 Å². The van der Waals surface area contributed by atoms with Gasteiger partial charge in [-0.15, -0.1) is 0 Å². The Morgan fingerprint density at radius 2 is 1.52 bits per heavy atom. The molecule has 0 spiro atoms. The number of ether oxygens (including phenoxy) is 2. The number of benzene rings is 1. The average molecular weight is 440 g/mol. The first-order valence-electron chi connectivity index (χ1n) is 8.38. The van der Waals surface area contributed by atoms with Gasteiger partial charge in [0.25, 0.3) is 0 Å². The van der Waals surface area contributed by atoms with Gasteiger partial charge in [-0.3, -0.25) is 0 Å². The van der Waals surface area contributed by atoms with E-state index in [1.54, 1.807) is 0 Å². The summed E-state index contributed by atoms with van der Waals surface area (Å²) in [6.07, 6.45) is -14.0. The van der Waals surface area contributed by atoms with E-state index in [4.69, 9.17) is 9.47 Å². The van der Waals surface area contributed by atoms with Crippen molar-refractivity contribution >= 4 is 0 Å². The molecule has 1 saturated heterocycles. The number of aliphatic hydroxyl groups excluding tert-OH is 1. The second-order valence-electron chi connectivity index (χ2n) is 6.46. The zero-order valence-electron chi connectivity index (χ0n) is 14.8. The Kier molecular flexibility index (Phi) is 6.51. The molecule has 1 aliphatic heterocycles. The number of hydrogen-bond donors (Lipinski definition) is 1. The summed E-state index contributed by atoms with van der Waals surface area (Å²) in [6, 6.07) is 7.12. The normalized spacial score (nSPS) is 27.1. The van der Waals surface area contributed by atoms with Crippen LogP contribution in [0.2, 0.25) is 0 Å². The van der Waals surface area contributed by atoms with Crippen molar-refractivity contribution in [3.63, 3.8) is 0 Å². The van der Waals surface area contributed by atoms with Crippen molar-refractivity contribution in [1.82, 2.24) is 0 Å². The van der Waals surface area contributed by atoms with Crippen LogP contribution in [-0.4, -0.2) is 48.1 Å². The van der Waals surface area contributed by atoms with Gasteiger partial charge < -0.3 is 14.6 Å². The van der Waals surface area contributed by atoms with Crippen molar-refractivity contribution in [1.29, 1.82) is 0 Å². The molecule has 0 aliphatic carbocycles. The summed E-state index contributed by atoms with van der Waals surface area (Å²) in [4.78, 5) is 0. The summed E-state index contributed by atoms with van der Waals surface area (Å²) in [7, 11) is 0. The van der Waals surface area contributed by atoms with Gasteiger partial charge in [-0.05, 0) is 18.9 Å². The highest BCUT2D eigenvalue weighted by Gasteiger charge is 2.83. The zero-order chi connectivity index (χ0) is 22.3. The minimum absolute atomic E-state index is 0.163. The van der Waals surface area contributed by atoms with Gasteiger partial charge in [0.05, 0.1) is 12.0 Å². The summed E-state index contributed by atoms with van der Waals surface area (Å²) in [5.41, 5.74) is 0.163. The minimum Gasteiger partial charge on any atom is -0.387 e. The monoisotopic (exact) mass is 440 g/mol. The Bertz CT molecular complexity index is 678. The molecular formula is C17H17F9O3. The zero-order valence-corrected chi connectivity index (χ0v) is 14.8. The summed E-state index contributed by atoms with van der Waals surface area (Å²) in [6.45, 7) is 1.11. The molecule has 166 valence electrons. The standard InChI is InChI=1S/C17H17F9O3/c1-2-28-13-12(27)10(8-11(29-13)9-6-4-3-5-7-9)14(18,19)15(20,21)16(22,23)17(24,25)26/h3-7,10-13,27H,2,8H2,1H3/t10-,11-,12+,13-/m1/s1. The van der Waals surface area contributed by atoms with Gasteiger partial charge in [0.2, 0.25) is 0 Å². The van der Waals surface area contributed by atoms with Gasteiger partial charge in [0.1, 0.15) is 6.10 Å². The quantitative estimate of drug-likeness (QED) is 0.636. The predicted molar refractivity (Wildman–Crippen MR) is 80.7 cm³/mol. The summed E-state index contributed by atoms with van der Waals surface area (Å²) >= 11 is 0. The number of aliphatic hydroxyl groups is 1. The molecule has 4 atom stereocenters. The van der Waals surface area contributed by atoms with Crippen LogP contribution < -0.4 is 0 Å². The van der Waals surface area contributed by atoms with E-state index in [1.165, 1.54) is 37.3 Å². The van der Waals surface area contributed by atoms with Crippen LogP contribution >= 0.6 is 0 Å². The van der Waals surface area contributed by atoms with Crippen molar-refractivity contribution in [2.75, 3.05) is 6.61 Å². The van der Waals surface area contributed by atoms with Gasteiger partial charge in [0.15, 0.2) is 6.29 Å². The van der Waals surface area contributed by atoms with Gasteiger partial charge in [-0.1, -0.05) is 30.3 Å². The number of hydrogen-bond acceptors (Lipinski definition) is 3. The highest BCUT2D eigenvalue weighted by atomic mass is 19.4. The van der Waals surface area contributed by atoms with Crippen molar-refractivity contribution < 1.29 is 54.1 Å². The Morgan fingerprint density at radius 1 is 0.966 bits per heavy atom. The SMILES string of the molecule is CCO[C@@H]1O[C@@H](c2ccccc2)C[C@@H](C(F)(F)C(F)(F)C(F)(F)C(F)(F)F)[C@@H]1O. The van der Waals surface area contributed by atoms with Crippen molar-refractivity contribution in [2.45, 2.75) is 55.8 Å². The van der Waals surface area contributed by atoms with Crippen molar-refractivity contribution in [3.05, 3.63) is 35.9 Å². The van der Waals surface area contributed by atoms with E-state index < -0.39 is 54.8 Å². The molecular weight excluding hydrogens is 423 g/mol. The highest BCUT2D eigenvalue weighted by Crippen LogP contribution is 2.58. The number of rotatable bonds is 6. The molecule has 1 N–H and O–H groups in total. The molecule has 1 aromatic carbocycles. The molecule has 1 aliphatic rings. The third kappa shape index (κ3) is 4.06. The summed E-state index contributed by atoms with van der Waals surface area (Å²) < 4.78 is 130.